The minimum absolute atomic E-state index is 0.133. The van der Waals surface area contributed by atoms with E-state index >= 15 is 0 Å². The summed E-state index contributed by atoms with van der Waals surface area (Å²) in [7, 11) is 0. The predicted octanol–water partition coefficient (Wildman–Crippen LogP) is 1.24. The third kappa shape index (κ3) is 3.54. The second kappa shape index (κ2) is 6.16. The van der Waals surface area contributed by atoms with Gasteiger partial charge in [0.1, 0.15) is 0 Å². The van der Waals surface area contributed by atoms with Crippen LogP contribution < -0.4 is 11.1 Å². The third-order valence-electron chi connectivity index (χ3n) is 2.47. The first-order chi connectivity index (χ1) is 8.27. The van der Waals surface area contributed by atoms with Crippen molar-refractivity contribution >= 4 is 35.1 Å². The Balaban J connectivity index is 1.87. The number of amides is 1. The number of nitrogens with two attached hydrogens (primary N) is 1. The molecule has 1 aromatic rings. The van der Waals surface area contributed by atoms with Crippen molar-refractivity contribution in [1.29, 1.82) is 0 Å². The molecule has 1 aliphatic rings. The molecule has 2 rings (SSSR count). The SMILES string of the molecule is Nc1ccncc1C(=O)NCC1CSCCS1. The van der Waals surface area contributed by atoms with Gasteiger partial charge in [-0.1, -0.05) is 0 Å². The number of carbonyl (C=O) groups excluding carboxylic acids is 1. The Morgan fingerprint density at radius 3 is 3.18 bits per heavy atom. The lowest BCUT2D eigenvalue weighted by Crippen LogP contribution is -2.33. The van der Waals surface area contributed by atoms with Gasteiger partial charge in [-0.3, -0.25) is 9.78 Å². The summed E-state index contributed by atoms with van der Waals surface area (Å²) in [5.41, 5.74) is 6.65. The molecule has 0 aromatic carbocycles. The van der Waals surface area contributed by atoms with Crippen molar-refractivity contribution in [3.8, 4) is 0 Å². The summed E-state index contributed by atoms with van der Waals surface area (Å²) < 4.78 is 0. The summed E-state index contributed by atoms with van der Waals surface area (Å²) in [5.74, 6) is 3.35. The minimum atomic E-state index is -0.133. The summed E-state index contributed by atoms with van der Waals surface area (Å²) in [4.78, 5) is 15.8. The fraction of sp³-hybridized carbons (Fsp3) is 0.455. The maximum atomic E-state index is 11.9. The number of pyridine rings is 1. The lowest BCUT2D eigenvalue weighted by atomic mass is 10.2. The van der Waals surface area contributed by atoms with E-state index in [0.29, 0.717) is 23.0 Å². The number of nitrogens with zero attached hydrogens (tertiary/aromatic N) is 1. The lowest BCUT2D eigenvalue weighted by molar-refractivity contribution is 0.0955. The van der Waals surface area contributed by atoms with Crippen molar-refractivity contribution in [3.05, 3.63) is 24.0 Å². The molecule has 1 aromatic heterocycles. The first-order valence-corrected chi connectivity index (χ1v) is 7.65. The molecule has 0 spiro atoms. The van der Waals surface area contributed by atoms with E-state index in [1.165, 1.54) is 17.7 Å². The van der Waals surface area contributed by atoms with Crippen LogP contribution >= 0.6 is 23.5 Å². The van der Waals surface area contributed by atoms with E-state index in [4.69, 9.17) is 5.73 Å². The topological polar surface area (TPSA) is 68.0 Å². The predicted molar refractivity (Wildman–Crippen MR) is 74.6 cm³/mol. The number of hydrogen-bond acceptors (Lipinski definition) is 5. The van der Waals surface area contributed by atoms with Crippen LogP contribution in [-0.4, -0.2) is 39.9 Å². The quantitative estimate of drug-likeness (QED) is 0.864. The van der Waals surface area contributed by atoms with Crippen LogP contribution in [0.4, 0.5) is 5.69 Å². The molecular formula is C11H15N3OS2. The molecule has 0 bridgehead atoms. The zero-order valence-electron chi connectivity index (χ0n) is 9.39. The molecular weight excluding hydrogens is 254 g/mol. The van der Waals surface area contributed by atoms with Gasteiger partial charge in [0.05, 0.1) is 5.56 Å². The number of nitrogen functional groups attached to an aromatic ring is 1. The number of carbonyl (C=O) groups is 1. The molecule has 17 heavy (non-hydrogen) atoms. The van der Waals surface area contributed by atoms with E-state index in [2.05, 4.69) is 10.3 Å². The summed E-state index contributed by atoms with van der Waals surface area (Å²) in [6, 6.07) is 1.64. The van der Waals surface area contributed by atoms with Crippen LogP contribution in [-0.2, 0) is 0 Å². The fourth-order valence-corrected chi connectivity index (χ4v) is 4.16. The van der Waals surface area contributed by atoms with Gasteiger partial charge in [0.25, 0.3) is 5.91 Å². The number of rotatable bonds is 3. The molecule has 0 aliphatic carbocycles. The van der Waals surface area contributed by atoms with Gasteiger partial charge in [-0.05, 0) is 6.07 Å². The van der Waals surface area contributed by atoms with Crippen LogP contribution in [0.25, 0.3) is 0 Å². The maximum absolute atomic E-state index is 11.9. The normalized spacial score (nSPS) is 19.9. The number of thioether (sulfide) groups is 2. The van der Waals surface area contributed by atoms with Crippen LogP contribution in [0.5, 0.6) is 0 Å². The number of hydrogen-bond donors (Lipinski definition) is 2. The molecule has 4 nitrogen and oxygen atoms in total. The zero-order chi connectivity index (χ0) is 12.1. The number of nitrogens with one attached hydrogen (secondary N) is 1. The van der Waals surface area contributed by atoms with E-state index in [0.717, 1.165) is 5.75 Å². The molecule has 1 unspecified atom stereocenters. The molecule has 1 amide bonds. The zero-order valence-corrected chi connectivity index (χ0v) is 11.0. The van der Waals surface area contributed by atoms with Crippen molar-refractivity contribution in [2.75, 3.05) is 29.5 Å². The van der Waals surface area contributed by atoms with Crippen molar-refractivity contribution < 1.29 is 4.79 Å². The molecule has 1 fully saturated rings. The highest BCUT2D eigenvalue weighted by molar-refractivity contribution is 8.06. The van der Waals surface area contributed by atoms with Gasteiger partial charge in [-0.25, -0.2) is 0 Å². The summed E-state index contributed by atoms with van der Waals surface area (Å²) in [6.07, 6.45) is 3.09. The van der Waals surface area contributed by atoms with Gasteiger partial charge in [-0.2, -0.15) is 23.5 Å². The molecule has 1 aliphatic heterocycles. The molecule has 1 saturated heterocycles. The van der Waals surface area contributed by atoms with E-state index in [1.54, 1.807) is 12.3 Å². The monoisotopic (exact) mass is 269 g/mol. The van der Waals surface area contributed by atoms with Gasteiger partial charge in [0.2, 0.25) is 0 Å². The van der Waals surface area contributed by atoms with Crippen molar-refractivity contribution in [2.24, 2.45) is 0 Å². The van der Waals surface area contributed by atoms with E-state index in [9.17, 15) is 4.79 Å². The Hall–Kier alpha value is -0.880. The third-order valence-corrected chi connectivity index (χ3v) is 5.32. The van der Waals surface area contributed by atoms with Crippen molar-refractivity contribution in [2.45, 2.75) is 5.25 Å². The van der Waals surface area contributed by atoms with Crippen molar-refractivity contribution in [3.63, 3.8) is 0 Å². The largest absolute Gasteiger partial charge is 0.398 e. The standard InChI is InChI=1S/C11H15N3OS2/c12-10-1-2-13-6-9(10)11(15)14-5-8-7-16-3-4-17-8/h1-2,6,8H,3-5,7H2,(H2,12,13)(H,14,15). The van der Waals surface area contributed by atoms with E-state index in [-0.39, 0.29) is 5.91 Å². The van der Waals surface area contributed by atoms with Crippen LogP contribution in [0.3, 0.4) is 0 Å². The maximum Gasteiger partial charge on any atom is 0.254 e. The van der Waals surface area contributed by atoms with Crippen LogP contribution in [0, 0.1) is 0 Å². The Labute approximate surface area is 109 Å². The van der Waals surface area contributed by atoms with Gasteiger partial charge < -0.3 is 11.1 Å². The van der Waals surface area contributed by atoms with Crippen LogP contribution in [0.15, 0.2) is 18.5 Å². The minimum Gasteiger partial charge on any atom is -0.398 e. The molecule has 6 heteroatoms. The molecule has 1 atom stereocenters. The fourth-order valence-electron chi connectivity index (χ4n) is 1.55. The van der Waals surface area contributed by atoms with Gasteiger partial charge >= 0.3 is 0 Å². The van der Waals surface area contributed by atoms with Crippen LogP contribution in [0.2, 0.25) is 0 Å². The average molecular weight is 269 g/mol. The van der Waals surface area contributed by atoms with Crippen LogP contribution in [0.1, 0.15) is 10.4 Å². The highest BCUT2D eigenvalue weighted by Gasteiger charge is 2.16. The molecule has 92 valence electrons. The average Bonchev–Trinajstić information content (AvgIpc) is 2.38. The Morgan fingerprint density at radius 2 is 2.47 bits per heavy atom. The molecule has 0 saturated carbocycles. The highest BCUT2D eigenvalue weighted by Crippen LogP contribution is 2.23. The molecule has 3 N–H and O–H groups in total. The van der Waals surface area contributed by atoms with E-state index in [1.807, 2.05) is 23.5 Å². The Morgan fingerprint density at radius 1 is 1.59 bits per heavy atom. The van der Waals surface area contributed by atoms with Gasteiger partial charge in [-0.15, -0.1) is 0 Å². The van der Waals surface area contributed by atoms with E-state index < -0.39 is 0 Å². The Kier molecular flexibility index (Phi) is 4.56. The first kappa shape index (κ1) is 12.6. The smallest absolute Gasteiger partial charge is 0.254 e. The summed E-state index contributed by atoms with van der Waals surface area (Å²) >= 11 is 3.87. The van der Waals surface area contributed by atoms with Crippen molar-refractivity contribution in [1.82, 2.24) is 10.3 Å². The molecule has 2 heterocycles. The number of aromatic nitrogens is 1. The second-order valence-corrected chi connectivity index (χ2v) is 6.30. The Bertz CT molecular complexity index is 394. The highest BCUT2D eigenvalue weighted by atomic mass is 32.2. The second-order valence-electron chi connectivity index (χ2n) is 3.74. The van der Waals surface area contributed by atoms with Gasteiger partial charge in [0, 0.05) is 47.1 Å². The summed E-state index contributed by atoms with van der Waals surface area (Å²) in [5, 5.41) is 3.43. The van der Waals surface area contributed by atoms with Gasteiger partial charge in [0.15, 0.2) is 0 Å². The number of anilines is 1. The first-order valence-electron chi connectivity index (χ1n) is 5.44. The lowest BCUT2D eigenvalue weighted by Gasteiger charge is -2.21. The molecule has 0 radical (unpaired) electrons. The summed E-state index contributed by atoms with van der Waals surface area (Å²) in [6.45, 7) is 0.699.